The highest BCUT2D eigenvalue weighted by Gasteiger charge is 2.14. The van der Waals surface area contributed by atoms with Crippen LogP contribution in [0.25, 0.3) is 16.3 Å². The van der Waals surface area contributed by atoms with Crippen LogP contribution in [0.4, 0.5) is 22.7 Å². The summed E-state index contributed by atoms with van der Waals surface area (Å²) in [6, 6.07) is 6.36. The van der Waals surface area contributed by atoms with Crippen LogP contribution in [0.3, 0.4) is 0 Å². The van der Waals surface area contributed by atoms with Crippen molar-refractivity contribution in [2.45, 2.75) is 6.61 Å². The second kappa shape index (κ2) is 8.26. The number of amides is 1. The number of hydrogen-bond donors (Lipinski definition) is 1. The van der Waals surface area contributed by atoms with E-state index in [1.807, 2.05) is 0 Å². The lowest BCUT2D eigenvalue weighted by Gasteiger charge is -2.12. The lowest BCUT2D eigenvalue weighted by molar-refractivity contribution is -0.111. The second-order valence-corrected chi connectivity index (χ2v) is 6.36. The molecule has 0 aliphatic heterocycles. The minimum absolute atomic E-state index is 0.0816. The summed E-state index contributed by atoms with van der Waals surface area (Å²) in [7, 11) is 1.30. The normalized spacial score (nSPS) is 11.4. The summed E-state index contributed by atoms with van der Waals surface area (Å²) >= 11 is 0.960. The molecule has 0 spiro atoms. The molecular formula is C18H12F4N2O3S. The number of aromatic nitrogens is 1. The summed E-state index contributed by atoms with van der Waals surface area (Å²) in [6.45, 7) is -3.07. The van der Waals surface area contributed by atoms with Gasteiger partial charge >= 0.3 is 6.61 Å². The predicted molar refractivity (Wildman–Crippen MR) is 96.8 cm³/mol. The van der Waals surface area contributed by atoms with Gasteiger partial charge in [0.05, 0.1) is 17.3 Å². The van der Waals surface area contributed by atoms with Crippen molar-refractivity contribution < 1.29 is 31.8 Å². The molecule has 3 aromatic rings. The zero-order valence-corrected chi connectivity index (χ0v) is 15.0. The van der Waals surface area contributed by atoms with Gasteiger partial charge in [-0.2, -0.15) is 8.78 Å². The van der Waals surface area contributed by atoms with Crippen molar-refractivity contribution in [1.82, 2.24) is 4.98 Å². The van der Waals surface area contributed by atoms with Gasteiger partial charge in [0.25, 0.3) is 0 Å². The Bertz CT molecular complexity index is 1010. The molecule has 1 aromatic heterocycles. The lowest BCUT2D eigenvalue weighted by atomic mass is 10.1. The number of halogens is 4. The summed E-state index contributed by atoms with van der Waals surface area (Å²) in [5, 5.41) is 2.57. The lowest BCUT2D eigenvalue weighted by Crippen LogP contribution is -2.08. The van der Waals surface area contributed by atoms with Gasteiger partial charge in [0.1, 0.15) is 0 Å². The molecule has 0 atom stereocenters. The summed E-state index contributed by atoms with van der Waals surface area (Å²) in [5.41, 5.74) is 0.395. The second-order valence-electron chi connectivity index (χ2n) is 5.33. The molecule has 1 heterocycles. The van der Waals surface area contributed by atoms with Crippen LogP contribution < -0.4 is 14.8 Å². The minimum Gasteiger partial charge on any atom is -0.493 e. The van der Waals surface area contributed by atoms with E-state index < -0.39 is 24.2 Å². The molecular weight excluding hydrogens is 400 g/mol. The molecule has 146 valence electrons. The Kier molecular flexibility index (Phi) is 5.78. The van der Waals surface area contributed by atoms with E-state index in [1.165, 1.54) is 25.3 Å². The highest BCUT2D eigenvalue weighted by atomic mass is 32.1. The molecule has 0 saturated heterocycles. The number of nitrogens with zero attached hydrogens (tertiary/aromatic N) is 1. The fourth-order valence-electron chi connectivity index (χ4n) is 2.33. The van der Waals surface area contributed by atoms with Gasteiger partial charge in [-0.25, -0.2) is 13.8 Å². The van der Waals surface area contributed by atoms with Crippen LogP contribution in [-0.4, -0.2) is 24.6 Å². The van der Waals surface area contributed by atoms with Gasteiger partial charge in [-0.3, -0.25) is 10.1 Å². The third kappa shape index (κ3) is 4.39. The Labute approximate surface area is 160 Å². The molecule has 2 aromatic carbocycles. The van der Waals surface area contributed by atoms with Crippen LogP contribution in [0.1, 0.15) is 5.56 Å². The molecule has 0 unspecified atom stereocenters. The van der Waals surface area contributed by atoms with Gasteiger partial charge in [0.15, 0.2) is 28.3 Å². The molecule has 0 bridgehead atoms. The summed E-state index contributed by atoms with van der Waals surface area (Å²) in [4.78, 5) is 16.1. The van der Waals surface area contributed by atoms with E-state index in [1.54, 1.807) is 6.07 Å². The molecule has 3 rings (SSSR count). The first kappa shape index (κ1) is 19.6. The average Bonchev–Trinajstić information content (AvgIpc) is 3.01. The first-order valence-electron chi connectivity index (χ1n) is 7.74. The average molecular weight is 412 g/mol. The maximum atomic E-state index is 13.2. The number of carbonyl (C=O) groups excluding carboxylic acids is 1. The van der Waals surface area contributed by atoms with Crippen LogP contribution >= 0.6 is 11.3 Å². The number of para-hydroxylation sites is 1. The van der Waals surface area contributed by atoms with Crippen molar-refractivity contribution in [3.05, 3.63) is 53.6 Å². The van der Waals surface area contributed by atoms with Gasteiger partial charge in [-0.15, -0.1) is 0 Å². The maximum Gasteiger partial charge on any atom is 0.387 e. The number of fused-ring (bicyclic) bond motifs is 1. The summed E-state index contributed by atoms with van der Waals surface area (Å²) in [6.07, 6.45) is 2.35. The molecule has 0 saturated carbocycles. The van der Waals surface area contributed by atoms with Crippen molar-refractivity contribution in [2.75, 3.05) is 12.4 Å². The number of nitrogens with one attached hydrogen (secondary N) is 1. The molecule has 0 aliphatic rings. The number of thiazole rings is 1. The van der Waals surface area contributed by atoms with E-state index >= 15 is 0 Å². The standard InChI is InChI=1S/C18H12F4N2O3S/c1-26-13-4-2-3-9(16(13)27-17(21)22)5-6-15(25)24-18-23-12-7-10(19)11(20)8-14(12)28-18/h2-8,17H,1H3,(H,23,24,25)/b6-5+. The number of hydrogen-bond acceptors (Lipinski definition) is 5. The summed E-state index contributed by atoms with van der Waals surface area (Å²) < 4.78 is 61.5. The predicted octanol–water partition coefficient (Wildman–Crippen LogP) is 4.84. The van der Waals surface area contributed by atoms with Crippen LogP contribution in [0.15, 0.2) is 36.4 Å². The third-order valence-electron chi connectivity index (χ3n) is 3.51. The third-order valence-corrected chi connectivity index (χ3v) is 4.44. The topological polar surface area (TPSA) is 60.5 Å². The highest BCUT2D eigenvalue weighted by molar-refractivity contribution is 7.22. The fraction of sp³-hybridized carbons (Fsp3) is 0.111. The van der Waals surface area contributed by atoms with E-state index in [0.717, 1.165) is 29.5 Å². The zero-order chi connectivity index (χ0) is 20.3. The van der Waals surface area contributed by atoms with Crippen molar-refractivity contribution in [3.8, 4) is 11.5 Å². The number of carbonyl (C=O) groups is 1. The van der Waals surface area contributed by atoms with Gasteiger partial charge in [-0.1, -0.05) is 23.5 Å². The van der Waals surface area contributed by atoms with Crippen molar-refractivity contribution in [1.29, 1.82) is 0 Å². The zero-order valence-electron chi connectivity index (χ0n) is 14.2. The summed E-state index contributed by atoms with van der Waals surface area (Å²) in [5.74, 6) is -2.81. The van der Waals surface area contributed by atoms with Crippen molar-refractivity contribution in [2.24, 2.45) is 0 Å². The Morgan fingerprint density at radius 3 is 2.71 bits per heavy atom. The number of rotatable bonds is 6. The van der Waals surface area contributed by atoms with Crippen LogP contribution in [-0.2, 0) is 4.79 Å². The smallest absolute Gasteiger partial charge is 0.387 e. The Balaban J connectivity index is 1.79. The first-order valence-corrected chi connectivity index (χ1v) is 8.55. The first-order chi connectivity index (χ1) is 13.4. The number of ether oxygens (including phenoxy) is 2. The van der Waals surface area contributed by atoms with Gasteiger partial charge < -0.3 is 9.47 Å². The molecule has 10 heteroatoms. The molecule has 5 nitrogen and oxygen atoms in total. The van der Waals surface area contributed by atoms with Gasteiger partial charge in [0, 0.05) is 17.7 Å². The number of benzene rings is 2. The largest absolute Gasteiger partial charge is 0.493 e. The highest BCUT2D eigenvalue weighted by Crippen LogP contribution is 2.33. The van der Waals surface area contributed by atoms with Gasteiger partial charge in [0.2, 0.25) is 5.91 Å². The maximum absolute atomic E-state index is 13.2. The quantitative estimate of drug-likeness (QED) is 0.465. The Morgan fingerprint density at radius 2 is 2.00 bits per heavy atom. The molecule has 1 amide bonds. The molecule has 1 N–H and O–H groups in total. The monoisotopic (exact) mass is 412 g/mol. The van der Waals surface area contributed by atoms with E-state index in [-0.39, 0.29) is 27.7 Å². The molecule has 28 heavy (non-hydrogen) atoms. The van der Waals surface area contributed by atoms with E-state index in [2.05, 4.69) is 15.0 Å². The van der Waals surface area contributed by atoms with E-state index in [9.17, 15) is 22.4 Å². The molecule has 0 radical (unpaired) electrons. The van der Waals surface area contributed by atoms with E-state index in [4.69, 9.17) is 4.74 Å². The van der Waals surface area contributed by atoms with Crippen LogP contribution in [0.2, 0.25) is 0 Å². The van der Waals surface area contributed by atoms with E-state index in [0.29, 0.717) is 4.70 Å². The van der Waals surface area contributed by atoms with Gasteiger partial charge in [-0.05, 0) is 18.2 Å². The number of alkyl halides is 2. The SMILES string of the molecule is COc1cccc(/C=C/C(=O)Nc2nc3cc(F)c(F)cc3s2)c1OC(F)F. The van der Waals surface area contributed by atoms with Crippen molar-refractivity contribution in [3.63, 3.8) is 0 Å². The Morgan fingerprint density at radius 1 is 1.25 bits per heavy atom. The Hall–Kier alpha value is -3.14. The number of methoxy groups -OCH3 is 1. The van der Waals surface area contributed by atoms with Crippen molar-refractivity contribution >= 4 is 38.7 Å². The molecule has 0 fully saturated rings. The van der Waals surface area contributed by atoms with Crippen LogP contribution in [0.5, 0.6) is 11.5 Å². The van der Waals surface area contributed by atoms with Crippen LogP contribution in [0, 0.1) is 11.6 Å². The number of anilines is 1. The molecule has 0 aliphatic carbocycles. The minimum atomic E-state index is -3.07. The fourth-order valence-corrected chi connectivity index (χ4v) is 3.21.